The third kappa shape index (κ3) is 8.78. The molecular weight excluding hydrogens is 432 g/mol. The molecule has 3 rings (SSSR count). The Morgan fingerprint density at radius 1 is 0.676 bits per heavy atom. The van der Waals surface area contributed by atoms with Crippen LogP contribution < -0.4 is 15.6 Å². The van der Waals surface area contributed by atoms with Crippen molar-refractivity contribution < 1.29 is 23.9 Å². The van der Waals surface area contributed by atoms with Crippen LogP contribution in [0.4, 0.5) is 0 Å². The van der Waals surface area contributed by atoms with Crippen LogP contribution in [0.25, 0.3) is 11.1 Å². The van der Waals surface area contributed by atoms with Crippen molar-refractivity contribution >= 4 is 17.8 Å². The first-order valence-corrected chi connectivity index (χ1v) is 11.2. The van der Waals surface area contributed by atoms with E-state index in [4.69, 9.17) is 9.47 Å². The molecule has 3 aromatic carbocycles. The Bertz CT molecular complexity index is 1050. The van der Waals surface area contributed by atoms with E-state index >= 15 is 0 Å². The highest BCUT2D eigenvalue weighted by Gasteiger charge is 2.10. The van der Waals surface area contributed by atoms with E-state index in [0.29, 0.717) is 18.8 Å². The Kier molecular flexibility index (Phi) is 9.68. The van der Waals surface area contributed by atoms with Crippen molar-refractivity contribution in [1.82, 2.24) is 10.9 Å². The quantitative estimate of drug-likeness (QED) is 0.258. The van der Waals surface area contributed by atoms with Gasteiger partial charge in [-0.05, 0) is 41.7 Å². The summed E-state index contributed by atoms with van der Waals surface area (Å²) in [6.45, 7) is 0.0458. The van der Waals surface area contributed by atoms with E-state index in [2.05, 4.69) is 10.9 Å². The number of nitrogens with one attached hydrogen (secondary N) is 2. The molecule has 0 aromatic heterocycles. The summed E-state index contributed by atoms with van der Waals surface area (Å²) in [5.74, 6) is -0.904. The largest absolute Gasteiger partial charge is 0.484 e. The Balaban J connectivity index is 1.25. The van der Waals surface area contributed by atoms with Gasteiger partial charge in [-0.3, -0.25) is 25.2 Å². The standard InChI is InChI=1S/C27H28N2O5/c30-25(17-18-27(32)33-19-7-10-21-8-3-1-4-9-21)28-29-26(31)20-34-24-15-13-23(14-16-24)22-11-5-2-6-12-22/h1-6,8-9,11-16H,7,10,17-20H2,(H,28,30)(H,29,31). The number of rotatable bonds is 11. The third-order valence-corrected chi connectivity index (χ3v) is 4.94. The van der Waals surface area contributed by atoms with Crippen molar-refractivity contribution in [2.24, 2.45) is 0 Å². The second-order valence-corrected chi connectivity index (χ2v) is 7.59. The third-order valence-electron chi connectivity index (χ3n) is 4.94. The second-order valence-electron chi connectivity index (χ2n) is 7.59. The fourth-order valence-corrected chi connectivity index (χ4v) is 3.16. The molecular formula is C27H28N2O5. The fourth-order valence-electron chi connectivity index (χ4n) is 3.16. The molecule has 0 aliphatic rings. The molecule has 176 valence electrons. The number of amides is 2. The van der Waals surface area contributed by atoms with Crippen molar-refractivity contribution in [2.75, 3.05) is 13.2 Å². The maximum atomic E-state index is 11.9. The average molecular weight is 461 g/mol. The van der Waals surface area contributed by atoms with E-state index in [9.17, 15) is 14.4 Å². The van der Waals surface area contributed by atoms with Gasteiger partial charge in [-0.1, -0.05) is 72.8 Å². The van der Waals surface area contributed by atoms with Crippen LogP contribution in [0.3, 0.4) is 0 Å². The zero-order valence-electron chi connectivity index (χ0n) is 18.9. The highest BCUT2D eigenvalue weighted by molar-refractivity contribution is 5.84. The van der Waals surface area contributed by atoms with Gasteiger partial charge in [-0.25, -0.2) is 0 Å². The van der Waals surface area contributed by atoms with Gasteiger partial charge in [0.25, 0.3) is 5.91 Å². The lowest BCUT2D eigenvalue weighted by Gasteiger charge is -2.09. The van der Waals surface area contributed by atoms with Crippen LogP contribution in [0.1, 0.15) is 24.8 Å². The monoisotopic (exact) mass is 460 g/mol. The minimum absolute atomic E-state index is 0.0582. The molecule has 0 atom stereocenters. The summed E-state index contributed by atoms with van der Waals surface area (Å²) in [4.78, 5) is 35.5. The lowest BCUT2D eigenvalue weighted by molar-refractivity contribution is -0.145. The van der Waals surface area contributed by atoms with E-state index < -0.39 is 17.8 Å². The lowest BCUT2D eigenvalue weighted by atomic mass is 10.1. The normalized spacial score (nSPS) is 10.2. The number of carbonyl (C=O) groups excluding carboxylic acids is 3. The SMILES string of the molecule is O=C(CCC(=O)OCCCc1ccccc1)NNC(=O)COc1ccc(-c2ccccc2)cc1. The summed E-state index contributed by atoms with van der Waals surface area (Å²) in [5.41, 5.74) is 7.85. The molecule has 2 amide bonds. The molecule has 0 saturated heterocycles. The molecule has 0 spiro atoms. The molecule has 34 heavy (non-hydrogen) atoms. The van der Waals surface area contributed by atoms with Gasteiger partial charge in [0.05, 0.1) is 13.0 Å². The molecule has 0 aliphatic carbocycles. The highest BCUT2D eigenvalue weighted by atomic mass is 16.5. The van der Waals surface area contributed by atoms with Crippen molar-refractivity contribution in [3.05, 3.63) is 90.5 Å². The van der Waals surface area contributed by atoms with Crippen LogP contribution in [-0.4, -0.2) is 31.0 Å². The Labute approximate surface area is 199 Å². The zero-order valence-corrected chi connectivity index (χ0v) is 18.9. The molecule has 0 fully saturated rings. The molecule has 0 aliphatic heterocycles. The molecule has 2 N–H and O–H groups in total. The summed E-state index contributed by atoms with van der Waals surface area (Å²) in [7, 11) is 0. The van der Waals surface area contributed by atoms with Crippen LogP contribution in [-0.2, 0) is 25.5 Å². The van der Waals surface area contributed by atoms with E-state index in [-0.39, 0.29) is 19.4 Å². The zero-order chi connectivity index (χ0) is 24.0. The van der Waals surface area contributed by atoms with E-state index in [0.717, 1.165) is 17.5 Å². The Morgan fingerprint density at radius 2 is 1.29 bits per heavy atom. The van der Waals surface area contributed by atoms with Gasteiger partial charge in [0.1, 0.15) is 5.75 Å². The summed E-state index contributed by atoms with van der Waals surface area (Å²) >= 11 is 0. The van der Waals surface area contributed by atoms with Gasteiger partial charge in [-0.15, -0.1) is 0 Å². The average Bonchev–Trinajstić information content (AvgIpc) is 2.89. The number of carbonyl (C=O) groups is 3. The first-order valence-electron chi connectivity index (χ1n) is 11.2. The first kappa shape index (κ1) is 24.5. The maximum absolute atomic E-state index is 11.9. The Hall–Kier alpha value is -4.13. The molecule has 0 unspecified atom stereocenters. The number of hydrogen-bond donors (Lipinski definition) is 2. The van der Waals surface area contributed by atoms with Gasteiger partial charge in [0.15, 0.2) is 6.61 Å². The van der Waals surface area contributed by atoms with Crippen LogP contribution in [0.15, 0.2) is 84.9 Å². The molecule has 7 heteroatoms. The maximum Gasteiger partial charge on any atom is 0.306 e. The van der Waals surface area contributed by atoms with Crippen molar-refractivity contribution in [1.29, 1.82) is 0 Å². The van der Waals surface area contributed by atoms with Gasteiger partial charge in [0, 0.05) is 6.42 Å². The molecule has 0 saturated carbocycles. The molecule has 0 bridgehead atoms. The van der Waals surface area contributed by atoms with Crippen molar-refractivity contribution in [3.63, 3.8) is 0 Å². The molecule has 3 aromatic rings. The van der Waals surface area contributed by atoms with Crippen LogP contribution >= 0.6 is 0 Å². The number of hydrazine groups is 1. The summed E-state index contributed by atoms with van der Waals surface area (Å²) in [5, 5.41) is 0. The first-order chi connectivity index (χ1) is 16.6. The predicted octanol–water partition coefficient (Wildman–Crippen LogP) is 3.84. The Morgan fingerprint density at radius 3 is 2.00 bits per heavy atom. The van der Waals surface area contributed by atoms with Crippen molar-refractivity contribution in [3.8, 4) is 16.9 Å². The molecule has 7 nitrogen and oxygen atoms in total. The van der Waals surface area contributed by atoms with Gasteiger partial charge < -0.3 is 9.47 Å². The number of hydrogen-bond acceptors (Lipinski definition) is 5. The number of ether oxygens (including phenoxy) is 2. The minimum atomic E-state index is -0.510. The number of esters is 1. The van der Waals surface area contributed by atoms with E-state index in [1.54, 1.807) is 12.1 Å². The smallest absolute Gasteiger partial charge is 0.306 e. The number of benzene rings is 3. The minimum Gasteiger partial charge on any atom is -0.484 e. The highest BCUT2D eigenvalue weighted by Crippen LogP contribution is 2.21. The molecule has 0 radical (unpaired) electrons. The van der Waals surface area contributed by atoms with Gasteiger partial charge >= 0.3 is 5.97 Å². The topological polar surface area (TPSA) is 93.7 Å². The van der Waals surface area contributed by atoms with Crippen molar-refractivity contribution in [2.45, 2.75) is 25.7 Å². The van der Waals surface area contributed by atoms with E-state index in [1.165, 1.54) is 5.56 Å². The van der Waals surface area contributed by atoms with Crippen LogP contribution in [0, 0.1) is 0 Å². The van der Waals surface area contributed by atoms with Crippen LogP contribution in [0.5, 0.6) is 5.75 Å². The van der Waals surface area contributed by atoms with Gasteiger partial charge in [0.2, 0.25) is 5.91 Å². The van der Waals surface area contributed by atoms with Crippen LogP contribution in [0.2, 0.25) is 0 Å². The van der Waals surface area contributed by atoms with Gasteiger partial charge in [-0.2, -0.15) is 0 Å². The fraction of sp³-hybridized carbons (Fsp3) is 0.222. The predicted molar refractivity (Wildman–Crippen MR) is 129 cm³/mol. The molecule has 0 heterocycles. The summed E-state index contributed by atoms with van der Waals surface area (Å²) < 4.78 is 10.6. The summed E-state index contributed by atoms with van der Waals surface area (Å²) in [6, 6.07) is 27.2. The number of aryl methyl sites for hydroxylation is 1. The lowest BCUT2D eigenvalue weighted by Crippen LogP contribution is -2.43. The summed E-state index contributed by atoms with van der Waals surface area (Å²) in [6.07, 6.45) is 1.39. The second kappa shape index (κ2) is 13.4. The van der Waals surface area contributed by atoms with E-state index in [1.807, 2.05) is 72.8 Å².